The maximum Gasteiger partial charge on any atom is 0.358 e. The molecule has 162 valence electrons. The number of hydrogen-bond donors (Lipinski definition) is 1. The highest BCUT2D eigenvalue weighted by molar-refractivity contribution is 5.94. The van der Waals surface area contributed by atoms with Crippen LogP contribution in [0, 0.1) is 12.3 Å². The second kappa shape index (κ2) is 9.16. The van der Waals surface area contributed by atoms with E-state index in [2.05, 4.69) is 31.2 Å². The summed E-state index contributed by atoms with van der Waals surface area (Å²) in [6, 6.07) is 16.9. The lowest BCUT2D eigenvalue weighted by atomic mass is 9.97. The van der Waals surface area contributed by atoms with Crippen molar-refractivity contribution in [2.45, 2.75) is 34.6 Å². The number of nitrogens with one attached hydrogen (secondary N) is 1. The van der Waals surface area contributed by atoms with Crippen molar-refractivity contribution in [3.63, 3.8) is 0 Å². The zero-order valence-electron chi connectivity index (χ0n) is 18.7. The number of carbonyl (C=O) groups is 2. The van der Waals surface area contributed by atoms with E-state index in [9.17, 15) is 9.59 Å². The van der Waals surface area contributed by atoms with E-state index in [0.29, 0.717) is 12.1 Å². The number of amides is 1. The number of hydrogen-bond acceptors (Lipinski definition) is 4. The molecule has 2 aromatic carbocycles. The van der Waals surface area contributed by atoms with E-state index in [1.807, 2.05) is 43.3 Å². The molecule has 0 aliphatic carbocycles. The van der Waals surface area contributed by atoms with E-state index >= 15 is 0 Å². The molecular formula is C25H29N3O3. The third-order valence-corrected chi connectivity index (χ3v) is 4.77. The second-order valence-corrected chi connectivity index (χ2v) is 8.65. The number of esters is 1. The Morgan fingerprint density at radius 3 is 2.35 bits per heavy atom. The Morgan fingerprint density at radius 2 is 1.74 bits per heavy atom. The average Bonchev–Trinajstić information content (AvgIpc) is 3.17. The summed E-state index contributed by atoms with van der Waals surface area (Å²) in [6.45, 7) is 10.9. The van der Waals surface area contributed by atoms with Gasteiger partial charge in [0.1, 0.15) is 0 Å². The first-order valence-electron chi connectivity index (χ1n) is 10.4. The molecule has 3 aromatic rings. The molecule has 0 aliphatic rings. The van der Waals surface area contributed by atoms with Crippen LogP contribution < -0.4 is 5.32 Å². The number of benzene rings is 2. The Labute approximate surface area is 183 Å². The molecule has 0 unspecified atom stereocenters. The highest BCUT2D eigenvalue weighted by Crippen LogP contribution is 2.27. The lowest BCUT2D eigenvalue weighted by Gasteiger charge is -2.18. The Hall–Kier alpha value is -3.41. The molecule has 0 radical (unpaired) electrons. The smallest absolute Gasteiger partial charge is 0.358 e. The van der Waals surface area contributed by atoms with Gasteiger partial charge in [-0.2, -0.15) is 5.10 Å². The first-order chi connectivity index (χ1) is 14.7. The molecule has 0 bridgehead atoms. The van der Waals surface area contributed by atoms with Crippen LogP contribution in [0.2, 0.25) is 0 Å². The Balaban J connectivity index is 1.96. The molecule has 0 saturated carbocycles. The fourth-order valence-electron chi connectivity index (χ4n) is 3.14. The lowest BCUT2D eigenvalue weighted by Crippen LogP contribution is -2.32. The van der Waals surface area contributed by atoms with Gasteiger partial charge in [0, 0.05) is 17.7 Å². The summed E-state index contributed by atoms with van der Waals surface area (Å²) in [5, 5.41) is 7.45. The molecular weight excluding hydrogens is 390 g/mol. The van der Waals surface area contributed by atoms with Gasteiger partial charge >= 0.3 is 5.97 Å². The molecule has 3 rings (SSSR count). The minimum Gasteiger partial charge on any atom is -0.461 e. The number of carbonyl (C=O) groups excluding carboxylic acids is 2. The third-order valence-electron chi connectivity index (χ3n) is 4.77. The van der Waals surface area contributed by atoms with E-state index < -0.39 is 5.97 Å². The molecule has 0 aliphatic heterocycles. The standard InChI is InChI=1S/C25H29N3O3/c1-6-31-24(30)21-15-22(20-10-8-7-9-17(20)2)28(27-21)19-13-11-18(12-14-19)23(29)26-16-25(3,4)5/h7-15H,6,16H2,1-5H3,(H,26,29). The number of aryl methyl sites for hydroxylation is 1. The van der Waals surface area contributed by atoms with Crippen LogP contribution in [0.1, 0.15) is 54.1 Å². The predicted octanol–water partition coefficient (Wildman–Crippen LogP) is 4.80. The van der Waals surface area contributed by atoms with Crippen molar-refractivity contribution in [2.75, 3.05) is 13.2 Å². The molecule has 6 nitrogen and oxygen atoms in total. The van der Waals surface area contributed by atoms with Gasteiger partial charge in [-0.15, -0.1) is 0 Å². The van der Waals surface area contributed by atoms with Crippen LogP contribution in [0.4, 0.5) is 0 Å². The Kier molecular flexibility index (Phi) is 6.59. The minimum absolute atomic E-state index is 0.0105. The van der Waals surface area contributed by atoms with Crippen LogP contribution in [0.25, 0.3) is 16.9 Å². The number of rotatable bonds is 6. The number of ether oxygens (including phenoxy) is 1. The fourth-order valence-corrected chi connectivity index (χ4v) is 3.14. The summed E-state index contributed by atoms with van der Waals surface area (Å²) in [7, 11) is 0. The van der Waals surface area contributed by atoms with Crippen LogP contribution in [0.5, 0.6) is 0 Å². The fraction of sp³-hybridized carbons (Fsp3) is 0.320. The Morgan fingerprint density at radius 1 is 1.06 bits per heavy atom. The van der Waals surface area contributed by atoms with Crippen molar-refractivity contribution >= 4 is 11.9 Å². The third kappa shape index (κ3) is 5.40. The van der Waals surface area contributed by atoms with E-state index in [-0.39, 0.29) is 23.6 Å². The molecule has 0 atom stereocenters. The summed E-state index contributed by atoms with van der Waals surface area (Å²) >= 11 is 0. The van der Waals surface area contributed by atoms with E-state index in [1.54, 1.807) is 29.8 Å². The topological polar surface area (TPSA) is 73.2 Å². The summed E-state index contributed by atoms with van der Waals surface area (Å²) in [5.41, 5.74) is 4.40. The van der Waals surface area contributed by atoms with Crippen molar-refractivity contribution in [3.8, 4) is 16.9 Å². The van der Waals surface area contributed by atoms with Crippen LogP contribution in [-0.2, 0) is 4.74 Å². The molecule has 1 heterocycles. The van der Waals surface area contributed by atoms with Gasteiger partial charge in [-0.25, -0.2) is 9.48 Å². The summed E-state index contributed by atoms with van der Waals surface area (Å²) in [4.78, 5) is 24.7. The van der Waals surface area contributed by atoms with Gasteiger partial charge in [0.15, 0.2) is 5.69 Å². The molecule has 0 spiro atoms. The molecule has 0 fully saturated rings. The van der Waals surface area contributed by atoms with Crippen molar-refractivity contribution in [1.82, 2.24) is 15.1 Å². The molecule has 1 amide bonds. The summed E-state index contributed by atoms with van der Waals surface area (Å²) in [6.07, 6.45) is 0. The summed E-state index contributed by atoms with van der Waals surface area (Å²) < 4.78 is 6.85. The van der Waals surface area contributed by atoms with Gasteiger partial charge in [0.25, 0.3) is 5.91 Å². The van der Waals surface area contributed by atoms with Crippen LogP contribution in [0.15, 0.2) is 54.6 Å². The van der Waals surface area contributed by atoms with Crippen molar-refractivity contribution in [1.29, 1.82) is 0 Å². The predicted molar refractivity (Wildman–Crippen MR) is 121 cm³/mol. The molecule has 0 saturated heterocycles. The summed E-state index contributed by atoms with van der Waals surface area (Å²) in [5.74, 6) is -0.581. The maximum atomic E-state index is 12.4. The van der Waals surface area contributed by atoms with E-state index in [1.165, 1.54) is 0 Å². The van der Waals surface area contributed by atoms with Crippen molar-refractivity contribution < 1.29 is 14.3 Å². The second-order valence-electron chi connectivity index (χ2n) is 8.65. The highest BCUT2D eigenvalue weighted by Gasteiger charge is 2.19. The first kappa shape index (κ1) is 22.3. The van der Waals surface area contributed by atoms with Crippen molar-refractivity contribution in [2.24, 2.45) is 5.41 Å². The zero-order chi connectivity index (χ0) is 22.6. The van der Waals surface area contributed by atoms with Gasteiger partial charge in [0.05, 0.1) is 18.0 Å². The average molecular weight is 420 g/mol. The molecule has 1 aromatic heterocycles. The molecule has 1 N–H and O–H groups in total. The molecule has 31 heavy (non-hydrogen) atoms. The zero-order valence-corrected chi connectivity index (χ0v) is 18.7. The van der Waals surface area contributed by atoms with Crippen LogP contribution in [-0.4, -0.2) is 34.8 Å². The first-order valence-corrected chi connectivity index (χ1v) is 10.4. The SMILES string of the molecule is CCOC(=O)c1cc(-c2ccccc2C)n(-c2ccc(C(=O)NCC(C)(C)C)cc2)n1. The highest BCUT2D eigenvalue weighted by atomic mass is 16.5. The normalized spacial score (nSPS) is 11.3. The van der Waals surface area contributed by atoms with Gasteiger partial charge in [-0.05, 0) is 55.2 Å². The monoisotopic (exact) mass is 419 g/mol. The number of aromatic nitrogens is 2. The number of nitrogens with zero attached hydrogens (tertiary/aromatic N) is 2. The van der Waals surface area contributed by atoms with Gasteiger partial charge in [0.2, 0.25) is 0 Å². The largest absolute Gasteiger partial charge is 0.461 e. The maximum absolute atomic E-state index is 12.4. The van der Waals surface area contributed by atoms with Gasteiger partial charge in [-0.3, -0.25) is 4.79 Å². The Bertz CT molecular complexity index is 1080. The lowest BCUT2D eigenvalue weighted by molar-refractivity contribution is 0.0519. The van der Waals surface area contributed by atoms with Crippen LogP contribution in [0.3, 0.4) is 0 Å². The van der Waals surface area contributed by atoms with Gasteiger partial charge in [-0.1, -0.05) is 45.0 Å². The van der Waals surface area contributed by atoms with E-state index in [4.69, 9.17) is 4.74 Å². The van der Waals surface area contributed by atoms with Crippen LogP contribution >= 0.6 is 0 Å². The van der Waals surface area contributed by atoms with Gasteiger partial charge < -0.3 is 10.1 Å². The molecule has 6 heteroatoms. The quantitative estimate of drug-likeness (QED) is 0.583. The van der Waals surface area contributed by atoms with Crippen molar-refractivity contribution in [3.05, 3.63) is 71.4 Å². The minimum atomic E-state index is -0.464. The van der Waals surface area contributed by atoms with E-state index in [0.717, 1.165) is 22.5 Å².